The maximum absolute atomic E-state index is 6.48. The molecule has 1 aliphatic heterocycles. The van der Waals surface area contributed by atoms with Crippen LogP contribution in [0.5, 0.6) is 0 Å². The van der Waals surface area contributed by atoms with Crippen LogP contribution in [-0.4, -0.2) is 31.1 Å². The quantitative estimate of drug-likeness (QED) is 0.766. The Morgan fingerprint density at radius 3 is 2.13 bits per heavy atom. The number of hydrogen-bond donors (Lipinski definition) is 1. The lowest BCUT2D eigenvalue weighted by Crippen LogP contribution is -2.45. The van der Waals surface area contributed by atoms with Gasteiger partial charge in [-0.25, -0.2) is 0 Å². The van der Waals surface area contributed by atoms with Crippen molar-refractivity contribution >= 4 is 46.4 Å². The van der Waals surface area contributed by atoms with Crippen LogP contribution in [0.2, 0.25) is 20.1 Å². The minimum Gasteiger partial charge on any atom is -0.314 e. The lowest BCUT2D eigenvalue weighted by atomic mass is 9.96. The van der Waals surface area contributed by atoms with E-state index in [2.05, 4.69) is 10.2 Å². The normalized spacial score (nSPS) is 17.2. The average Bonchev–Trinajstić information content (AvgIpc) is 2.54. The third-order valence-corrected chi connectivity index (χ3v) is 5.17. The van der Waals surface area contributed by atoms with Crippen LogP contribution in [0, 0.1) is 0 Å². The van der Waals surface area contributed by atoms with E-state index in [9.17, 15) is 0 Å². The Labute approximate surface area is 156 Å². The first-order valence-electron chi connectivity index (χ1n) is 7.41. The van der Waals surface area contributed by atoms with Crippen LogP contribution in [-0.2, 0) is 0 Å². The van der Waals surface area contributed by atoms with Crippen LogP contribution in [0.1, 0.15) is 17.2 Å². The predicted octanol–water partition coefficient (Wildman–Crippen LogP) is 5.29. The van der Waals surface area contributed by atoms with Gasteiger partial charge in [0.05, 0.1) is 6.04 Å². The van der Waals surface area contributed by atoms with Crippen molar-refractivity contribution in [3.63, 3.8) is 0 Å². The molecule has 1 aliphatic rings. The van der Waals surface area contributed by atoms with Crippen LogP contribution in [0.15, 0.2) is 36.4 Å². The van der Waals surface area contributed by atoms with Gasteiger partial charge in [0.2, 0.25) is 0 Å². The minimum atomic E-state index is -0.0481. The second-order valence-electron chi connectivity index (χ2n) is 5.52. The molecule has 1 N–H and O–H groups in total. The maximum Gasteiger partial charge on any atom is 0.0632 e. The molecular formula is C17H16Cl4N2. The van der Waals surface area contributed by atoms with E-state index >= 15 is 0 Å². The van der Waals surface area contributed by atoms with Crippen LogP contribution >= 0.6 is 46.4 Å². The number of benzene rings is 2. The topological polar surface area (TPSA) is 15.3 Å². The number of hydrogen-bond acceptors (Lipinski definition) is 2. The van der Waals surface area contributed by atoms with E-state index in [1.54, 1.807) is 12.1 Å². The fourth-order valence-electron chi connectivity index (χ4n) is 2.95. The molecule has 0 spiro atoms. The fraction of sp³-hybridized carbons (Fsp3) is 0.294. The Morgan fingerprint density at radius 1 is 0.783 bits per heavy atom. The van der Waals surface area contributed by atoms with Gasteiger partial charge in [-0.2, -0.15) is 0 Å². The summed E-state index contributed by atoms with van der Waals surface area (Å²) < 4.78 is 0. The van der Waals surface area contributed by atoms with Crippen LogP contribution in [0.4, 0.5) is 0 Å². The van der Waals surface area contributed by atoms with E-state index < -0.39 is 0 Å². The monoisotopic (exact) mass is 388 g/mol. The number of halogens is 4. The highest BCUT2D eigenvalue weighted by Gasteiger charge is 2.27. The Hall–Kier alpha value is -0.480. The Bertz CT molecular complexity index is 699. The summed E-state index contributed by atoms with van der Waals surface area (Å²) in [7, 11) is 0. The van der Waals surface area contributed by atoms with Crippen LogP contribution in [0.3, 0.4) is 0 Å². The summed E-state index contributed by atoms with van der Waals surface area (Å²) in [6.07, 6.45) is 0. The highest BCUT2D eigenvalue weighted by Crippen LogP contribution is 2.38. The van der Waals surface area contributed by atoms with Crippen molar-refractivity contribution in [2.45, 2.75) is 6.04 Å². The van der Waals surface area contributed by atoms with Gasteiger partial charge in [-0.3, -0.25) is 4.90 Å². The SMILES string of the molecule is Clc1ccc(C(c2cc(Cl)ccc2Cl)N2CCNCC2)c(Cl)c1. The van der Waals surface area contributed by atoms with Crippen molar-refractivity contribution in [3.05, 3.63) is 67.6 Å². The van der Waals surface area contributed by atoms with Crippen molar-refractivity contribution in [2.75, 3.05) is 26.2 Å². The zero-order chi connectivity index (χ0) is 16.4. The van der Waals surface area contributed by atoms with E-state index in [1.807, 2.05) is 24.3 Å². The fourth-order valence-corrected chi connectivity index (χ4v) is 3.86. The molecular weight excluding hydrogens is 374 g/mol. The summed E-state index contributed by atoms with van der Waals surface area (Å²) in [6.45, 7) is 3.68. The zero-order valence-corrected chi connectivity index (χ0v) is 15.4. The van der Waals surface area contributed by atoms with E-state index in [0.29, 0.717) is 20.1 Å². The van der Waals surface area contributed by atoms with Gasteiger partial charge >= 0.3 is 0 Å². The molecule has 23 heavy (non-hydrogen) atoms. The third-order valence-electron chi connectivity index (χ3n) is 4.03. The lowest BCUT2D eigenvalue weighted by Gasteiger charge is -2.36. The van der Waals surface area contributed by atoms with Gasteiger partial charge in [0.1, 0.15) is 0 Å². The van der Waals surface area contributed by atoms with Crippen molar-refractivity contribution in [3.8, 4) is 0 Å². The second kappa shape index (κ2) is 7.60. The van der Waals surface area contributed by atoms with Crippen molar-refractivity contribution in [2.24, 2.45) is 0 Å². The summed E-state index contributed by atoms with van der Waals surface area (Å²) in [5.41, 5.74) is 1.95. The molecule has 3 rings (SSSR count). The molecule has 1 atom stereocenters. The van der Waals surface area contributed by atoms with Gasteiger partial charge in [0.25, 0.3) is 0 Å². The van der Waals surface area contributed by atoms with Crippen molar-refractivity contribution in [1.82, 2.24) is 10.2 Å². The molecule has 0 bridgehead atoms. The molecule has 1 heterocycles. The number of rotatable bonds is 3. The van der Waals surface area contributed by atoms with E-state index in [-0.39, 0.29) is 6.04 Å². The molecule has 2 nitrogen and oxygen atoms in total. The van der Waals surface area contributed by atoms with Crippen LogP contribution < -0.4 is 5.32 Å². The smallest absolute Gasteiger partial charge is 0.0632 e. The summed E-state index contributed by atoms with van der Waals surface area (Å²) in [4.78, 5) is 2.36. The second-order valence-corrected chi connectivity index (χ2v) is 7.21. The molecule has 0 aliphatic carbocycles. The van der Waals surface area contributed by atoms with Gasteiger partial charge in [0.15, 0.2) is 0 Å². The largest absolute Gasteiger partial charge is 0.314 e. The summed E-state index contributed by atoms with van der Waals surface area (Å²) in [5.74, 6) is 0. The first-order valence-corrected chi connectivity index (χ1v) is 8.92. The molecule has 0 amide bonds. The first-order chi connectivity index (χ1) is 11.1. The number of nitrogens with one attached hydrogen (secondary N) is 1. The standard InChI is InChI=1S/C17H16Cl4N2/c18-11-2-4-15(20)14(9-11)17(23-7-5-22-6-8-23)13-3-1-12(19)10-16(13)21/h1-4,9-10,17,22H,5-8H2. The van der Waals surface area contributed by atoms with Gasteiger partial charge in [-0.1, -0.05) is 52.5 Å². The minimum absolute atomic E-state index is 0.0481. The number of nitrogens with zero attached hydrogens (tertiary/aromatic N) is 1. The molecule has 2 aromatic rings. The molecule has 0 radical (unpaired) electrons. The first kappa shape index (κ1) is 17.3. The molecule has 2 aromatic carbocycles. The van der Waals surface area contributed by atoms with E-state index in [1.165, 1.54) is 0 Å². The average molecular weight is 390 g/mol. The summed E-state index contributed by atoms with van der Waals surface area (Å²) >= 11 is 25.2. The number of piperazine rings is 1. The van der Waals surface area contributed by atoms with Crippen LogP contribution in [0.25, 0.3) is 0 Å². The van der Waals surface area contributed by atoms with E-state index in [0.717, 1.165) is 37.3 Å². The Balaban J connectivity index is 2.11. The van der Waals surface area contributed by atoms with Gasteiger partial charge < -0.3 is 5.32 Å². The lowest BCUT2D eigenvalue weighted by molar-refractivity contribution is 0.198. The highest BCUT2D eigenvalue weighted by molar-refractivity contribution is 6.35. The molecule has 0 saturated carbocycles. The third kappa shape index (κ3) is 3.96. The molecule has 0 aromatic heterocycles. The zero-order valence-electron chi connectivity index (χ0n) is 12.3. The Kier molecular flexibility index (Phi) is 5.74. The van der Waals surface area contributed by atoms with Gasteiger partial charge in [0, 0.05) is 46.3 Å². The summed E-state index contributed by atoms with van der Waals surface area (Å²) in [6, 6.07) is 11.1. The highest BCUT2D eigenvalue weighted by atomic mass is 35.5. The predicted molar refractivity (Wildman–Crippen MR) is 99.2 cm³/mol. The van der Waals surface area contributed by atoms with E-state index in [4.69, 9.17) is 46.4 Å². The summed E-state index contributed by atoms with van der Waals surface area (Å²) in [5, 5.41) is 5.97. The molecule has 1 unspecified atom stereocenters. The van der Waals surface area contributed by atoms with Crippen molar-refractivity contribution in [1.29, 1.82) is 0 Å². The van der Waals surface area contributed by atoms with Gasteiger partial charge in [-0.15, -0.1) is 0 Å². The molecule has 6 heteroatoms. The maximum atomic E-state index is 6.48. The molecule has 1 saturated heterocycles. The molecule has 1 fully saturated rings. The molecule has 122 valence electrons. The Morgan fingerprint density at radius 2 is 1.43 bits per heavy atom. The van der Waals surface area contributed by atoms with Crippen molar-refractivity contribution < 1.29 is 0 Å². The van der Waals surface area contributed by atoms with Gasteiger partial charge in [-0.05, 0) is 41.5 Å².